The van der Waals surface area contributed by atoms with Crippen LogP contribution in [0.15, 0.2) is 54.6 Å². The lowest BCUT2D eigenvalue weighted by molar-refractivity contribution is -0.115. The number of carbonyl (C=O) groups excluding carboxylic acids is 4. The van der Waals surface area contributed by atoms with Gasteiger partial charge in [0.05, 0.1) is 36.3 Å². The highest BCUT2D eigenvalue weighted by Gasteiger charge is 2.35. The van der Waals surface area contributed by atoms with Crippen molar-refractivity contribution in [1.29, 1.82) is 0 Å². The van der Waals surface area contributed by atoms with Crippen LogP contribution in [0, 0.1) is 5.82 Å². The Kier molecular flexibility index (Phi) is 6.32. The van der Waals surface area contributed by atoms with Gasteiger partial charge in [0.2, 0.25) is 5.91 Å². The van der Waals surface area contributed by atoms with E-state index in [1.165, 1.54) is 24.3 Å². The number of carbonyl (C=O) groups is 4. The first-order valence-electron chi connectivity index (χ1n) is 10.2. The second-order valence-electron chi connectivity index (χ2n) is 7.23. The Morgan fingerprint density at radius 3 is 2.30 bits per heavy atom. The van der Waals surface area contributed by atoms with Gasteiger partial charge in [-0.2, -0.15) is 0 Å². The van der Waals surface area contributed by atoms with Gasteiger partial charge in [-0.05, 0) is 36.8 Å². The van der Waals surface area contributed by atoms with Gasteiger partial charge in [0.1, 0.15) is 10.8 Å². The van der Waals surface area contributed by atoms with Crippen molar-refractivity contribution in [3.63, 3.8) is 0 Å². The first kappa shape index (κ1) is 22.3. The summed E-state index contributed by atoms with van der Waals surface area (Å²) < 4.78 is 19.0. The van der Waals surface area contributed by atoms with Crippen molar-refractivity contribution in [3.05, 3.63) is 87.5 Å². The Morgan fingerprint density at radius 1 is 1.03 bits per heavy atom. The summed E-state index contributed by atoms with van der Waals surface area (Å²) in [6.07, 6.45) is -0.222. The summed E-state index contributed by atoms with van der Waals surface area (Å²) in [6.45, 7) is 1.72. The van der Waals surface area contributed by atoms with Crippen molar-refractivity contribution in [1.82, 2.24) is 4.90 Å². The number of anilines is 1. The zero-order valence-electron chi connectivity index (χ0n) is 17.6. The zero-order chi connectivity index (χ0) is 23.5. The molecule has 168 valence electrons. The molecule has 0 atom stereocenters. The van der Waals surface area contributed by atoms with Gasteiger partial charge in [0, 0.05) is 4.88 Å². The highest BCUT2D eigenvalue weighted by Crippen LogP contribution is 2.32. The Morgan fingerprint density at radius 2 is 1.67 bits per heavy atom. The summed E-state index contributed by atoms with van der Waals surface area (Å²) in [5.74, 6) is -2.52. The smallest absolute Gasteiger partial charge is 0.341 e. The van der Waals surface area contributed by atoms with Crippen LogP contribution in [0.4, 0.5) is 9.39 Å². The molecular formula is C24H19FN2O5S. The normalized spacial score (nSPS) is 12.6. The third kappa shape index (κ3) is 4.54. The highest BCUT2D eigenvalue weighted by atomic mass is 32.1. The van der Waals surface area contributed by atoms with E-state index in [-0.39, 0.29) is 35.7 Å². The molecule has 1 aromatic heterocycles. The van der Waals surface area contributed by atoms with Crippen LogP contribution in [0.5, 0.6) is 0 Å². The van der Waals surface area contributed by atoms with Crippen LogP contribution in [0.2, 0.25) is 0 Å². The molecule has 3 amide bonds. The molecule has 0 radical (unpaired) electrons. The first-order chi connectivity index (χ1) is 15.9. The maximum atomic E-state index is 13.9. The van der Waals surface area contributed by atoms with E-state index in [4.69, 9.17) is 4.74 Å². The van der Waals surface area contributed by atoms with Crippen LogP contribution >= 0.6 is 11.3 Å². The van der Waals surface area contributed by atoms with E-state index in [9.17, 15) is 23.6 Å². The predicted octanol–water partition coefficient (Wildman–Crippen LogP) is 4.04. The van der Waals surface area contributed by atoms with Crippen molar-refractivity contribution < 1.29 is 28.3 Å². The van der Waals surface area contributed by atoms with Crippen molar-refractivity contribution >= 4 is 40.0 Å². The first-order valence-corrected chi connectivity index (χ1v) is 11.0. The second kappa shape index (κ2) is 9.33. The lowest BCUT2D eigenvalue weighted by Crippen LogP contribution is -2.28. The molecule has 0 bridgehead atoms. The number of imide groups is 1. The van der Waals surface area contributed by atoms with E-state index in [1.807, 2.05) is 0 Å². The van der Waals surface area contributed by atoms with Crippen LogP contribution in [0.25, 0.3) is 0 Å². The Labute approximate surface area is 192 Å². The minimum Gasteiger partial charge on any atom is -0.462 e. The molecule has 7 nitrogen and oxygen atoms in total. The fourth-order valence-electron chi connectivity index (χ4n) is 3.50. The van der Waals surface area contributed by atoms with Gasteiger partial charge in [-0.25, -0.2) is 9.18 Å². The van der Waals surface area contributed by atoms with Crippen LogP contribution < -0.4 is 5.32 Å². The van der Waals surface area contributed by atoms with Gasteiger partial charge in [0.15, 0.2) is 0 Å². The molecule has 4 rings (SSSR count). The molecular weight excluding hydrogens is 447 g/mol. The number of esters is 1. The minimum atomic E-state index is -0.649. The van der Waals surface area contributed by atoms with Gasteiger partial charge < -0.3 is 10.1 Å². The molecule has 0 spiro atoms. The van der Waals surface area contributed by atoms with Crippen LogP contribution in [-0.4, -0.2) is 35.2 Å². The summed E-state index contributed by atoms with van der Waals surface area (Å²) >= 11 is 1.05. The van der Waals surface area contributed by atoms with Gasteiger partial charge in [-0.15, -0.1) is 11.3 Å². The van der Waals surface area contributed by atoms with Crippen molar-refractivity contribution in [2.45, 2.75) is 19.9 Å². The molecule has 2 aromatic carbocycles. The molecule has 0 unspecified atom stereocenters. The van der Waals surface area contributed by atoms with Crippen molar-refractivity contribution in [2.24, 2.45) is 0 Å². The van der Waals surface area contributed by atoms with Gasteiger partial charge in [0.25, 0.3) is 11.8 Å². The number of nitrogens with zero attached hydrogens (tertiary/aromatic N) is 1. The number of halogens is 1. The molecule has 1 N–H and O–H groups in total. The van der Waals surface area contributed by atoms with Crippen molar-refractivity contribution in [3.8, 4) is 0 Å². The number of nitrogens with one attached hydrogen (secondary N) is 1. The summed E-state index contributed by atoms with van der Waals surface area (Å²) in [6, 6.07) is 13.9. The summed E-state index contributed by atoms with van der Waals surface area (Å²) in [5, 5.41) is 2.84. The lowest BCUT2D eigenvalue weighted by Gasteiger charge is -2.12. The number of hydrogen-bond acceptors (Lipinski definition) is 6. The van der Waals surface area contributed by atoms with E-state index >= 15 is 0 Å². The topological polar surface area (TPSA) is 92.8 Å². The predicted molar refractivity (Wildman–Crippen MR) is 120 cm³/mol. The van der Waals surface area contributed by atoms with E-state index in [0.717, 1.165) is 16.2 Å². The van der Waals surface area contributed by atoms with E-state index in [0.29, 0.717) is 16.0 Å². The minimum absolute atomic E-state index is 0.0629. The highest BCUT2D eigenvalue weighted by molar-refractivity contribution is 7.16. The Bertz CT molecular complexity index is 1230. The van der Waals surface area contributed by atoms with E-state index in [1.54, 1.807) is 37.3 Å². The molecule has 3 aromatic rings. The molecule has 1 aliphatic heterocycles. The number of fused-ring (bicyclic) bond motifs is 1. The second-order valence-corrected chi connectivity index (χ2v) is 8.37. The average molecular weight is 466 g/mol. The monoisotopic (exact) mass is 466 g/mol. The third-order valence-corrected chi connectivity index (χ3v) is 6.07. The molecule has 1 aliphatic rings. The number of benzene rings is 2. The summed E-state index contributed by atoms with van der Waals surface area (Å²) in [5.41, 5.74) is 0.969. The molecule has 2 heterocycles. The van der Waals surface area contributed by atoms with Crippen molar-refractivity contribution in [2.75, 3.05) is 11.9 Å². The van der Waals surface area contributed by atoms with Gasteiger partial charge in [-0.1, -0.05) is 30.3 Å². The fraction of sp³-hybridized carbons (Fsp3) is 0.167. The lowest BCUT2D eigenvalue weighted by atomic mass is 10.1. The van der Waals surface area contributed by atoms with Gasteiger partial charge in [-0.3, -0.25) is 19.3 Å². The number of ether oxygens (including phenoxy) is 1. The average Bonchev–Trinajstić information content (AvgIpc) is 3.30. The zero-order valence-corrected chi connectivity index (χ0v) is 18.4. The number of rotatable bonds is 7. The molecule has 0 saturated carbocycles. The summed E-state index contributed by atoms with van der Waals surface area (Å²) in [4.78, 5) is 51.9. The Hall–Kier alpha value is -3.85. The quantitative estimate of drug-likeness (QED) is 0.419. The molecule has 0 fully saturated rings. The molecule has 33 heavy (non-hydrogen) atoms. The third-order valence-electron chi connectivity index (χ3n) is 5.03. The molecule has 0 saturated heterocycles. The van der Waals surface area contributed by atoms with Crippen LogP contribution in [-0.2, 0) is 22.5 Å². The SMILES string of the molecule is CCOC(=O)c1cc(CN2C(=O)c3ccccc3C2=O)sc1NC(=O)Cc1ccccc1F. The summed E-state index contributed by atoms with van der Waals surface area (Å²) in [7, 11) is 0. The number of hydrogen-bond donors (Lipinski definition) is 1. The van der Waals surface area contributed by atoms with Crippen LogP contribution in [0.1, 0.15) is 48.4 Å². The van der Waals surface area contributed by atoms with E-state index < -0.39 is 29.5 Å². The number of amides is 3. The largest absolute Gasteiger partial charge is 0.462 e. The number of thiophene rings is 1. The maximum Gasteiger partial charge on any atom is 0.341 e. The molecule has 0 aliphatic carbocycles. The fourth-order valence-corrected chi connectivity index (χ4v) is 4.55. The Balaban J connectivity index is 1.57. The van der Waals surface area contributed by atoms with Gasteiger partial charge >= 0.3 is 5.97 Å². The van der Waals surface area contributed by atoms with Crippen LogP contribution in [0.3, 0.4) is 0 Å². The maximum absolute atomic E-state index is 13.9. The van der Waals surface area contributed by atoms with E-state index in [2.05, 4.69) is 5.32 Å². The standard InChI is InChI=1S/C24H19FN2O5S/c1-2-32-24(31)18-12-15(13-27-22(29)16-8-4-5-9-17(16)23(27)30)33-21(18)26-20(28)11-14-7-3-6-10-19(14)25/h3-10,12H,2,11,13H2,1H3,(H,26,28). The molecule has 9 heteroatoms.